The van der Waals surface area contributed by atoms with Gasteiger partial charge in [-0.1, -0.05) is 0 Å². The summed E-state index contributed by atoms with van der Waals surface area (Å²) in [6.45, 7) is 2.82. The lowest BCUT2D eigenvalue weighted by atomic mass is 10.1. The predicted molar refractivity (Wildman–Crippen MR) is 78.4 cm³/mol. The zero-order valence-corrected chi connectivity index (χ0v) is 13.3. The molecule has 7 heteroatoms. The van der Waals surface area contributed by atoms with Crippen molar-refractivity contribution in [1.82, 2.24) is 4.31 Å². The molecule has 0 aliphatic carbocycles. The summed E-state index contributed by atoms with van der Waals surface area (Å²) in [6, 6.07) is 6.51. The summed E-state index contributed by atoms with van der Waals surface area (Å²) in [6.07, 6.45) is 0. The molecule has 21 heavy (non-hydrogen) atoms. The fourth-order valence-electron chi connectivity index (χ4n) is 1.81. The van der Waals surface area contributed by atoms with Crippen LogP contribution in [0.2, 0.25) is 0 Å². The number of rotatable bonds is 8. The first kappa shape index (κ1) is 17.6. The monoisotopic (exact) mass is 312 g/mol. The number of ether oxygens (including phenoxy) is 2. The molecule has 0 unspecified atom stereocenters. The maximum absolute atomic E-state index is 12.6. The Labute approximate surface area is 125 Å². The summed E-state index contributed by atoms with van der Waals surface area (Å²) in [5.41, 5.74) is 1.10. The fraction of sp³-hybridized carbons (Fsp3) is 0.500. The van der Waals surface area contributed by atoms with E-state index in [1.807, 2.05) is 6.07 Å². The van der Waals surface area contributed by atoms with Gasteiger partial charge in [0.25, 0.3) is 0 Å². The van der Waals surface area contributed by atoms with Gasteiger partial charge in [0.15, 0.2) is 0 Å². The Hall–Kier alpha value is -1.46. The van der Waals surface area contributed by atoms with Gasteiger partial charge in [-0.2, -0.15) is 9.57 Å². The topological polar surface area (TPSA) is 79.6 Å². The van der Waals surface area contributed by atoms with Crippen LogP contribution in [0.3, 0.4) is 0 Å². The molecule has 0 spiro atoms. The summed E-state index contributed by atoms with van der Waals surface area (Å²) in [4.78, 5) is 0.172. The van der Waals surface area contributed by atoms with Crippen molar-refractivity contribution >= 4 is 10.0 Å². The second-order valence-corrected chi connectivity index (χ2v) is 6.42. The zero-order valence-electron chi connectivity index (χ0n) is 12.5. The van der Waals surface area contributed by atoms with Crippen molar-refractivity contribution in [2.24, 2.45) is 0 Å². The molecule has 0 aliphatic heterocycles. The smallest absolute Gasteiger partial charge is 0.243 e. The number of methoxy groups -OCH3 is 2. The van der Waals surface area contributed by atoms with Crippen molar-refractivity contribution < 1.29 is 17.9 Å². The fourth-order valence-corrected chi connectivity index (χ4v) is 3.30. The van der Waals surface area contributed by atoms with E-state index in [2.05, 4.69) is 0 Å². The van der Waals surface area contributed by atoms with Gasteiger partial charge < -0.3 is 9.47 Å². The maximum atomic E-state index is 12.6. The van der Waals surface area contributed by atoms with Crippen LogP contribution < -0.4 is 0 Å². The van der Waals surface area contributed by atoms with Crippen molar-refractivity contribution in [3.8, 4) is 6.07 Å². The quantitative estimate of drug-likeness (QED) is 0.719. The Bertz CT molecular complexity index is 600. The number of nitriles is 1. The molecule has 116 valence electrons. The van der Waals surface area contributed by atoms with Gasteiger partial charge in [-0.3, -0.25) is 0 Å². The molecular weight excluding hydrogens is 292 g/mol. The molecule has 0 saturated carbocycles. The van der Waals surface area contributed by atoms with Crippen molar-refractivity contribution in [2.45, 2.75) is 11.8 Å². The van der Waals surface area contributed by atoms with Crippen molar-refractivity contribution in [2.75, 3.05) is 40.5 Å². The molecule has 0 atom stereocenters. The van der Waals surface area contributed by atoms with Gasteiger partial charge >= 0.3 is 0 Å². The van der Waals surface area contributed by atoms with E-state index < -0.39 is 10.0 Å². The second kappa shape index (κ2) is 8.10. The molecule has 0 N–H and O–H groups in total. The first-order chi connectivity index (χ1) is 9.97. The first-order valence-electron chi connectivity index (χ1n) is 6.46. The van der Waals surface area contributed by atoms with Crippen LogP contribution in [0.4, 0.5) is 0 Å². The normalized spacial score (nSPS) is 11.6. The molecule has 6 nitrogen and oxygen atoms in total. The Morgan fingerprint density at radius 1 is 1.19 bits per heavy atom. The highest BCUT2D eigenvalue weighted by Crippen LogP contribution is 2.19. The molecule has 0 amide bonds. The molecule has 1 aromatic rings. The molecule has 0 bridgehead atoms. The Morgan fingerprint density at radius 2 is 1.76 bits per heavy atom. The Kier molecular flexibility index (Phi) is 6.78. The molecule has 1 rings (SSSR count). The summed E-state index contributed by atoms with van der Waals surface area (Å²) in [5.74, 6) is 0. The minimum atomic E-state index is -3.63. The number of hydrogen-bond acceptors (Lipinski definition) is 5. The van der Waals surface area contributed by atoms with Gasteiger partial charge in [0.2, 0.25) is 10.0 Å². The third kappa shape index (κ3) is 4.51. The highest BCUT2D eigenvalue weighted by Gasteiger charge is 2.24. The minimum Gasteiger partial charge on any atom is -0.383 e. The van der Waals surface area contributed by atoms with E-state index in [4.69, 9.17) is 14.7 Å². The van der Waals surface area contributed by atoms with Crippen LogP contribution in [-0.4, -0.2) is 53.2 Å². The van der Waals surface area contributed by atoms with Gasteiger partial charge in [0, 0.05) is 27.3 Å². The van der Waals surface area contributed by atoms with E-state index in [0.29, 0.717) is 24.3 Å². The molecule has 0 saturated heterocycles. The van der Waals surface area contributed by atoms with Crippen molar-refractivity contribution in [1.29, 1.82) is 5.26 Å². The molecular formula is C14H20N2O4S. The number of hydrogen-bond donors (Lipinski definition) is 0. The highest BCUT2D eigenvalue weighted by atomic mass is 32.2. The SMILES string of the molecule is COCCN(CCOC)S(=O)(=O)c1ccc(C#N)c(C)c1. The molecule has 0 radical (unpaired) electrons. The highest BCUT2D eigenvalue weighted by molar-refractivity contribution is 7.89. The van der Waals surface area contributed by atoms with Crippen LogP contribution >= 0.6 is 0 Å². The van der Waals surface area contributed by atoms with E-state index in [9.17, 15) is 8.42 Å². The largest absolute Gasteiger partial charge is 0.383 e. The molecule has 0 heterocycles. The summed E-state index contributed by atoms with van der Waals surface area (Å²) in [7, 11) is -0.587. The Balaban J connectivity index is 3.09. The van der Waals surface area contributed by atoms with Crippen LogP contribution in [0, 0.1) is 18.3 Å². The number of nitrogens with zero attached hydrogens (tertiary/aromatic N) is 2. The van der Waals surface area contributed by atoms with E-state index in [-0.39, 0.29) is 18.0 Å². The Morgan fingerprint density at radius 3 is 2.19 bits per heavy atom. The lowest BCUT2D eigenvalue weighted by molar-refractivity contribution is 0.150. The number of aryl methyl sites for hydroxylation is 1. The van der Waals surface area contributed by atoms with Crippen LogP contribution in [0.25, 0.3) is 0 Å². The standard InChI is InChI=1S/C14H20N2O4S/c1-12-10-14(5-4-13(12)11-15)21(17,18)16(6-8-19-2)7-9-20-3/h4-5,10H,6-9H2,1-3H3. The summed E-state index contributed by atoms with van der Waals surface area (Å²) >= 11 is 0. The van der Waals surface area contributed by atoms with Gasteiger partial charge in [-0.15, -0.1) is 0 Å². The average Bonchev–Trinajstić information content (AvgIpc) is 2.47. The van der Waals surface area contributed by atoms with Gasteiger partial charge in [0.1, 0.15) is 0 Å². The second-order valence-electron chi connectivity index (χ2n) is 4.48. The molecule has 0 aliphatic rings. The third-order valence-electron chi connectivity index (χ3n) is 3.05. The summed E-state index contributed by atoms with van der Waals surface area (Å²) < 4.78 is 36.5. The number of benzene rings is 1. The predicted octanol–water partition coefficient (Wildman–Crippen LogP) is 1.15. The van der Waals surface area contributed by atoms with Gasteiger partial charge in [0.05, 0.1) is 29.7 Å². The van der Waals surface area contributed by atoms with E-state index in [1.54, 1.807) is 6.92 Å². The number of sulfonamides is 1. The van der Waals surface area contributed by atoms with Crippen molar-refractivity contribution in [3.05, 3.63) is 29.3 Å². The van der Waals surface area contributed by atoms with Gasteiger partial charge in [-0.05, 0) is 30.7 Å². The lowest BCUT2D eigenvalue weighted by Gasteiger charge is -2.21. The van der Waals surface area contributed by atoms with Crippen LogP contribution in [0.5, 0.6) is 0 Å². The third-order valence-corrected chi connectivity index (χ3v) is 4.94. The average molecular weight is 312 g/mol. The van der Waals surface area contributed by atoms with Gasteiger partial charge in [-0.25, -0.2) is 8.42 Å². The van der Waals surface area contributed by atoms with Crippen molar-refractivity contribution in [3.63, 3.8) is 0 Å². The lowest BCUT2D eigenvalue weighted by Crippen LogP contribution is -2.36. The summed E-state index contributed by atoms with van der Waals surface area (Å²) in [5, 5.41) is 8.91. The molecule has 0 aromatic heterocycles. The maximum Gasteiger partial charge on any atom is 0.243 e. The van der Waals surface area contributed by atoms with E-state index in [1.165, 1.54) is 36.7 Å². The van der Waals surface area contributed by atoms with E-state index in [0.717, 1.165) is 0 Å². The molecule has 1 aromatic carbocycles. The van der Waals surface area contributed by atoms with Crippen LogP contribution in [0.1, 0.15) is 11.1 Å². The zero-order chi connectivity index (χ0) is 15.9. The van der Waals surface area contributed by atoms with E-state index >= 15 is 0 Å². The van der Waals surface area contributed by atoms with Crippen LogP contribution in [0.15, 0.2) is 23.1 Å². The van der Waals surface area contributed by atoms with Crippen LogP contribution in [-0.2, 0) is 19.5 Å². The molecule has 0 fully saturated rings. The minimum absolute atomic E-state index is 0.172. The first-order valence-corrected chi connectivity index (χ1v) is 7.90.